The lowest BCUT2D eigenvalue weighted by Gasteiger charge is -2.04. The summed E-state index contributed by atoms with van der Waals surface area (Å²) in [5, 5.41) is 0. The molecule has 0 fully saturated rings. The number of imidazole rings is 1. The van der Waals surface area contributed by atoms with E-state index in [1.165, 1.54) is 6.42 Å². The molecule has 3 heteroatoms. The van der Waals surface area contributed by atoms with E-state index in [0.29, 0.717) is 0 Å². The summed E-state index contributed by atoms with van der Waals surface area (Å²) in [5.74, 6) is 0.737. The highest BCUT2D eigenvalue weighted by atomic mass is 15.0. The molecular formula is C10H19N3. The molecule has 13 heavy (non-hydrogen) atoms. The second-order valence-corrected chi connectivity index (χ2v) is 4.01. The highest BCUT2D eigenvalue weighted by Crippen LogP contribution is 2.07. The number of nitrogens with two attached hydrogens (primary N) is 1. The Bertz CT molecular complexity index is 250. The number of hydrogen-bond acceptors (Lipinski definition) is 2. The maximum absolute atomic E-state index is 5.71. The average molecular weight is 181 g/mol. The monoisotopic (exact) mass is 181 g/mol. The van der Waals surface area contributed by atoms with Crippen LogP contribution < -0.4 is 5.73 Å². The summed E-state index contributed by atoms with van der Waals surface area (Å²) in [5.41, 5.74) is 6.68. The SMILES string of the molecule is CC(C)CCn1cnc(C(C)N)c1. The fourth-order valence-electron chi connectivity index (χ4n) is 1.14. The van der Waals surface area contributed by atoms with Crippen molar-refractivity contribution in [1.29, 1.82) is 0 Å². The molecule has 3 nitrogen and oxygen atoms in total. The topological polar surface area (TPSA) is 43.8 Å². The van der Waals surface area contributed by atoms with Gasteiger partial charge in [0.2, 0.25) is 0 Å². The first kappa shape index (κ1) is 10.3. The summed E-state index contributed by atoms with van der Waals surface area (Å²) in [6.07, 6.45) is 5.09. The molecule has 74 valence electrons. The number of hydrogen-bond donors (Lipinski definition) is 1. The molecule has 0 bridgehead atoms. The third kappa shape index (κ3) is 3.19. The lowest BCUT2D eigenvalue weighted by Crippen LogP contribution is -2.05. The fraction of sp³-hybridized carbons (Fsp3) is 0.700. The lowest BCUT2D eigenvalue weighted by molar-refractivity contribution is 0.515. The molecule has 0 amide bonds. The maximum Gasteiger partial charge on any atom is 0.0950 e. The standard InChI is InChI=1S/C10H19N3/c1-8(2)4-5-13-6-10(9(3)11)12-7-13/h6-9H,4-5,11H2,1-3H3. The summed E-state index contributed by atoms with van der Waals surface area (Å²) in [6, 6.07) is 0.0419. The van der Waals surface area contributed by atoms with Crippen molar-refractivity contribution >= 4 is 0 Å². The van der Waals surface area contributed by atoms with Crippen molar-refractivity contribution in [2.45, 2.75) is 39.8 Å². The Morgan fingerprint density at radius 1 is 1.46 bits per heavy atom. The lowest BCUT2D eigenvalue weighted by atomic mass is 10.1. The highest BCUT2D eigenvalue weighted by Gasteiger charge is 2.03. The van der Waals surface area contributed by atoms with Crippen LogP contribution in [0.5, 0.6) is 0 Å². The van der Waals surface area contributed by atoms with E-state index in [4.69, 9.17) is 5.73 Å². The van der Waals surface area contributed by atoms with E-state index >= 15 is 0 Å². The summed E-state index contributed by atoms with van der Waals surface area (Å²) in [6.45, 7) is 7.44. The van der Waals surface area contributed by atoms with Gasteiger partial charge in [0.15, 0.2) is 0 Å². The molecule has 1 rings (SSSR count). The largest absolute Gasteiger partial charge is 0.337 e. The second kappa shape index (κ2) is 4.42. The number of aryl methyl sites for hydroxylation is 1. The van der Waals surface area contributed by atoms with Crippen molar-refractivity contribution in [1.82, 2.24) is 9.55 Å². The van der Waals surface area contributed by atoms with Gasteiger partial charge in [0.1, 0.15) is 0 Å². The van der Waals surface area contributed by atoms with Crippen LogP contribution in [0.2, 0.25) is 0 Å². The third-order valence-corrected chi connectivity index (χ3v) is 2.08. The van der Waals surface area contributed by atoms with E-state index in [1.807, 2.05) is 19.4 Å². The highest BCUT2D eigenvalue weighted by molar-refractivity contribution is 5.01. The Kier molecular flexibility index (Phi) is 3.48. The van der Waals surface area contributed by atoms with Gasteiger partial charge in [0.25, 0.3) is 0 Å². The minimum Gasteiger partial charge on any atom is -0.337 e. The number of aromatic nitrogens is 2. The van der Waals surface area contributed by atoms with E-state index in [1.54, 1.807) is 0 Å². The molecule has 1 atom stereocenters. The predicted molar refractivity (Wildman–Crippen MR) is 54.3 cm³/mol. The molecule has 2 N–H and O–H groups in total. The van der Waals surface area contributed by atoms with Crippen molar-refractivity contribution in [3.8, 4) is 0 Å². The van der Waals surface area contributed by atoms with Crippen LogP contribution in [-0.4, -0.2) is 9.55 Å². The molecule has 1 unspecified atom stereocenters. The van der Waals surface area contributed by atoms with Gasteiger partial charge in [-0.25, -0.2) is 4.98 Å². The molecule has 0 saturated carbocycles. The summed E-state index contributed by atoms with van der Waals surface area (Å²) in [7, 11) is 0. The summed E-state index contributed by atoms with van der Waals surface area (Å²) >= 11 is 0. The smallest absolute Gasteiger partial charge is 0.0950 e. The first-order chi connectivity index (χ1) is 6.09. The fourth-order valence-corrected chi connectivity index (χ4v) is 1.14. The summed E-state index contributed by atoms with van der Waals surface area (Å²) in [4.78, 5) is 4.23. The minimum absolute atomic E-state index is 0.0419. The molecule has 0 aliphatic rings. The predicted octanol–water partition coefficient (Wildman–Crippen LogP) is 1.95. The zero-order valence-corrected chi connectivity index (χ0v) is 8.70. The van der Waals surface area contributed by atoms with Gasteiger partial charge < -0.3 is 10.3 Å². The molecule has 0 aromatic carbocycles. The van der Waals surface area contributed by atoms with E-state index in [2.05, 4.69) is 23.4 Å². The molecule has 0 radical (unpaired) electrons. The molecule has 0 aliphatic heterocycles. The molecule has 0 aliphatic carbocycles. The van der Waals surface area contributed by atoms with E-state index in [0.717, 1.165) is 18.2 Å². The Morgan fingerprint density at radius 3 is 2.62 bits per heavy atom. The molecule has 0 spiro atoms. The van der Waals surface area contributed by atoms with Gasteiger partial charge >= 0.3 is 0 Å². The first-order valence-corrected chi connectivity index (χ1v) is 4.87. The van der Waals surface area contributed by atoms with Gasteiger partial charge in [-0.3, -0.25) is 0 Å². The molecule has 1 aromatic rings. The maximum atomic E-state index is 5.71. The van der Waals surface area contributed by atoms with Gasteiger partial charge in [0.05, 0.1) is 12.0 Å². The number of rotatable bonds is 4. The van der Waals surface area contributed by atoms with Gasteiger partial charge in [-0.1, -0.05) is 13.8 Å². The van der Waals surface area contributed by atoms with Crippen LogP contribution in [0.3, 0.4) is 0 Å². The zero-order valence-electron chi connectivity index (χ0n) is 8.70. The molecule has 0 saturated heterocycles. The van der Waals surface area contributed by atoms with Crippen molar-refractivity contribution in [2.24, 2.45) is 11.7 Å². The van der Waals surface area contributed by atoms with E-state index < -0.39 is 0 Å². The van der Waals surface area contributed by atoms with Gasteiger partial charge in [-0.2, -0.15) is 0 Å². The van der Waals surface area contributed by atoms with E-state index in [-0.39, 0.29) is 6.04 Å². The van der Waals surface area contributed by atoms with Gasteiger partial charge in [-0.15, -0.1) is 0 Å². The van der Waals surface area contributed by atoms with Crippen LogP contribution >= 0.6 is 0 Å². The van der Waals surface area contributed by atoms with Crippen LogP contribution in [0.1, 0.15) is 38.9 Å². The Morgan fingerprint density at radius 2 is 2.15 bits per heavy atom. The van der Waals surface area contributed by atoms with Gasteiger partial charge in [0, 0.05) is 18.8 Å². The van der Waals surface area contributed by atoms with Crippen molar-refractivity contribution in [2.75, 3.05) is 0 Å². The zero-order chi connectivity index (χ0) is 9.84. The van der Waals surface area contributed by atoms with Crippen LogP contribution in [0.25, 0.3) is 0 Å². The van der Waals surface area contributed by atoms with Crippen molar-refractivity contribution in [3.63, 3.8) is 0 Å². The molecule has 1 heterocycles. The Hall–Kier alpha value is -0.830. The van der Waals surface area contributed by atoms with Crippen LogP contribution in [0, 0.1) is 5.92 Å². The van der Waals surface area contributed by atoms with Crippen molar-refractivity contribution < 1.29 is 0 Å². The number of nitrogens with zero attached hydrogens (tertiary/aromatic N) is 2. The second-order valence-electron chi connectivity index (χ2n) is 4.01. The Balaban J connectivity index is 2.49. The van der Waals surface area contributed by atoms with E-state index in [9.17, 15) is 0 Å². The molecule has 1 aromatic heterocycles. The van der Waals surface area contributed by atoms with Gasteiger partial charge in [-0.05, 0) is 19.3 Å². The normalized spacial score (nSPS) is 13.6. The minimum atomic E-state index is 0.0419. The van der Waals surface area contributed by atoms with Crippen LogP contribution in [-0.2, 0) is 6.54 Å². The molecular weight excluding hydrogens is 162 g/mol. The quantitative estimate of drug-likeness (QED) is 0.771. The first-order valence-electron chi connectivity index (χ1n) is 4.87. The van der Waals surface area contributed by atoms with Crippen molar-refractivity contribution in [3.05, 3.63) is 18.2 Å². The van der Waals surface area contributed by atoms with Crippen LogP contribution in [0.4, 0.5) is 0 Å². The average Bonchev–Trinajstić information content (AvgIpc) is 2.48. The Labute approximate surface area is 80.0 Å². The summed E-state index contributed by atoms with van der Waals surface area (Å²) < 4.78 is 2.11. The van der Waals surface area contributed by atoms with Crippen LogP contribution in [0.15, 0.2) is 12.5 Å². The third-order valence-electron chi connectivity index (χ3n) is 2.08.